The summed E-state index contributed by atoms with van der Waals surface area (Å²) in [6.45, 7) is 5.63. The zero-order chi connectivity index (χ0) is 21.5. The molecule has 0 saturated heterocycles. The van der Waals surface area contributed by atoms with Gasteiger partial charge in [-0.2, -0.15) is 5.10 Å². The summed E-state index contributed by atoms with van der Waals surface area (Å²) < 4.78 is 13.1. The molecule has 9 heteroatoms. The first-order chi connectivity index (χ1) is 14.5. The lowest BCUT2D eigenvalue weighted by atomic mass is 10.2. The SMILES string of the molecule is CCOc1ccc(Cn2cc(NC(=S)Nc3ccc(Cl)cc3Cl)cn2)cc1OCC. The Labute approximate surface area is 191 Å². The minimum Gasteiger partial charge on any atom is -0.490 e. The summed E-state index contributed by atoms with van der Waals surface area (Å²) in [6, 6.07) is 11.0. The number of halogens is 2. The van der Waals surface area contributed by atoms with Crippen LogP contribution in [0, 0.1) is 0 Å². The average molecular weight is 465 g/mol. The van der Waals surface area contributed by atoms with Gasteiger partial charge in [0, 0.05) is 11.2 Å². The third-order valence-corrected chi connectivity index (χ3v) is 4.77. The maximum atomic E-state index is 6.17. The van der Waals surface area contributed by atoms with Crippen LogP contribution in [0.4, 0.5) is 11.4 Å². The molecule has 1 aromatic heterocycles. The zero-order valence-electron chi connectivity index (χ0n) is 16.6. The van der Waals surface area contributed by atoms with Crippen molar-refractivity contribution in [2.24, 2.45) is 0 Å². The van der Waals surface area contributed by atoms with Crippen molar-refractivity contribution < 1.29 is 9.47 Å². The Morgan fingerprint density at radius 3 is 2.53 bits per heavy atom. The molecular weight excluding hydrogens is 443 g/mol. The van der Waals surface area contributed by atoms with Gasteiger partial charge in [-0.1, -0.05) is 29.3 Å². The van der Waals surface area contributed by atoms with Crippen molar-refractivity contribution in [2.75, 3.05) is 23.8 Å². The van der Waals surface area contributed by atoms with E-state index in [1.54, 1.807) is 24.4 Å². The Bertz CT molecular complexity index is 1030. The second-order valence-corrected chi connectivity index (χ2v) is 7.53. The van der Waals surface area contributed by atoms with E-state index in [2.05, 4.69) is 15.7 Å². The van der Waals surface area contributed by atoms with Crippen LogP contribution in [0.1, 0.15) is 19.4 Å². The van der Waals surface area contributed by atoms with Crippen LogP contribution in [0.2, 0.25) is 10.0 Å². The van der Waals surface area contributed by atoms with Crippen molar-refractivity contribution >= 4 is 51.9 Å². The highest BCUT2D eigenvalue weighted by atomic mass is 35.5. The minimum atomic E-state index is 0.401. The van der Waals surface area contributed by atoms with Crippen molar-refractivity contribution in [2.45, 2.75) is 20.4 Å². The van der Waals surface area contributed by atoms with Gasteiger partial charge in [0.25, 0.3) is 0 Å². The molecule has 3 aromatic rings. The fraction of sp³-hybridized carbons (Fsp3) is 0.238. The van der Waals surface area contributed by atoms with Crippen LogP contribution >= 0.6 is 35.4 Å². The minimum absolute atomic E-state index is 0.401. The summed E-state index contributed by atoms with van der Waals surface area (Å²) >= 11 is 17.4. The van der Waals surface area contributed by atoms with Crippen LogP contribution in [0.15, 0.2) is 48.8 Å². The van der Waals surface area contributed by atoms with Gasteiger partial charge in [-0.05, 0) is 62.0 Å². The van der Waals surface area contributed by atoms with Crippen LogP contribution < -0.4 is 20.1 Å². The largest absolute Gasteiger partial charge is 0.490 e. The van der Waals surface area contributed by atoms with E-state index < -0.39 is 0 Å². The molecule has 2 aromatic carbocycles. The lowest BCUT2D eigenvalue weighted by Gasteiger charge is -2.12. The van der Waals surface area contributed by atoms with Crippen molar-refractivity contribution in [1.82, 2.24) is 9.78 Å². The molecule has 0 aliphatic heterocycles. The Balaban J connectivity index is 1.63. The monoisotopic (exact) mass is 464 g/mol. The fourth-order valence-electron chi connectivity index (χ4n) is 2.77. The molecule has 0 aliphatic carbocycles. The van der Waals surface area contributed by atoms with E-state index in [9.17, 15) is 0 Å². The maximum Gasteiger partial charge on any atom is 0.175 e. The first-order valence-electron chi connectivity index (χ1n) is 9.42. The summed E-state index contributed by atoms with van der Waals surface area (Å²) in [6.07, 6.45) is 3.57. The summed E-state index contributed by atoms with van der Waals surface area (Å²) in [4.78, 5) is 0. The summed E-state index contributed by atoms with van der Waals surface area (Å²) in [7, 11) is 0. The number of aromatic nitrogens is 2. The average Bonchev–Trinajstić information content (AvgIpc) is 3.13. The standard InChI is InChI=1S/C21H22Cl2N4O2S/c1-3-28-19-8-5-14(9-20(19)29-4-2)12-27-13-16(11-24-27)25-21(30)26-18-7-6-15(22)10-17(18)23/h5-11,13H,3-4,12H2,1-2H3,(H2,25,26,30). The molecule has 0 aliphatic rings. The molecule has 0 unspecified atom stereocenters. The molecule has 0 saturated carbocycles. The van der Waals surface area contributed by atoms with Crippen molar-refractivity contribution in [1.29, 1.82) is 0 Å². The number of benzene rings is 2. The van der Waals surface area contributed by atoms with Crippen LogP contribution in [0.25, 0.3) is 0 Å². The van der Waals surface area contributed by atoms with Crippen LogP contribution in [-0.2, 0) is 6.54 Å². The van der Waals surface area contributed by atoms with Crippen LogP contribution in [0.3, 0.4) is 0 Å². The number of nitrogens with one attached hydrogen (secondary N) is 2. The van der Waals surface area contributed by atoms with Gasteiger partial charge >= 0.3 is 0 Å². The number of hydrogen-bond donors (Lipinski definition) is 2. The first-order valence-corrected chi connectivity index (χ1v) is 10.6. The highest BCUT2D eigenvalue weighted by molar-refractivity contribution is 7.80. The fourth-order valence-corrected chi connectivity index (χ4v) is 3.45. The Morgan fingerprint density at radius 2 is 1.80 bits per heavy atom. The lowest BCUT2D eigenvalue weighted by Crippen LogP contribution is -2.19. The molecule has 6 nitrogen and oxygen atoms in total. The van der Waals surface area contributed by atoms with Gasteiger partial charge in [0.2, 0.25) is 0 Å². The van der Waals surface area contributed by atoms with Crippen LogP contribution in [-0.4, -0.2) is 28.1 Å². The van der Waals surface area contributed by atoms with E-state index in [1.165, 1.54) is 0 Å². The first kappa shape index (κ1) is 22.2. The van der Waals surface area contributed by atoms with Crippen molar-refractivity contribution in [3.05, 3.63) is 64.4 Å². The molecule has 0 amide bonds. The lowest BCUT2D eigenvalue weighted by molar-refractivity contribution is 0.287. The van der Waals surface area contributed by atoms with Gasteiger partial charge in [-0.15, -0.1) is 0 Å². The highest BCUT2D eigenvalue weighted by Crippen LogP contribution is 2.29. The topological polar surface area (TPSA) is 60.3 Å². The van der Waals surface area contributed by atoms with E-state index in [4.69, 9.17) is 44.9 Å². The number of thiocarbonyl (C=S) groups is 1. The van der Waals surface area contributed by atoms with E-state index in [0.717, 1.165) is 22.7 Å². The van der Waals surface area contributed by atoms with Gasteiger partial charge in [-0.3, -0.25) is 4.68 Å². The Kier molecular flexibility index (Phi) is 7.79. The second-order valence-electron chi connectivity index (χ2n) is 6.28. The molecule has 0 bridgehead atoms. The predicted molar refractivity (Wildman–Crippen MR) is 126 cm³/mol. The number of hydrogen-bond acceptors (Lipinski definition) is 4. The third kappa shape index (κ3) is 6.01. The van der Waals surface area contributed by atoms with E-state index >= 15 is 0 Å². The summed E-state index contributed by atoms with van der Waals surface area (Å²) in [5.74, 6) is 1.47. The van der Waals surface area contributed by atoms with E-state index in [1.807, 2.05) is 42.9 Å². The molecule has 158 valence electrons. The summed E-state index contributed by atoms with van der Waals surface area (Å²) in [5.41, 5.74) is 2.47. The van der Waals surface area contributed by atoms with Crippen molar-refractivity contribution in [3.63, 3.8) is 0 Å². The highest BCUT2D eigenvalue weighted by Gasteiger charge is 2.09. The number of nitrogens with zero attached hydrogens (tertiary/aromatic N) is 2. The summed E-state index contributed by atoms with van der Waals surface area (Å²) in [5, 5.41) is 12.0. The Morgan fingerprint density at radius 1 is 1.03 bits per heavy atom. The van der Waals surface area contributed by atoms with Crippen molar-refractivity contribution in [3.8, 4) is 11.5 Å². The molecular formula is C21H22Cl2N4O2S. The van der Waals surface area contributed by atoms with Crippen LogP contribution in [0.5, 0.6) is 11.5 Å². The maximum absolute atomic E-state index is 6.17. The third-order valence-electron chi connectivity index (χ3n) is 4.02. The molecule has 0 atom stereocenters. The van der Waals surface area contributed by atoms with Gasteiger partial charge in [0.15, 0.2) is 16.6 Å². The Hall–Kier alpha value is -2.48. The van der Waals surface area contributed by atoms with Gasteiger partial charge in [-0.25, -0.2) is 0 Å². The normalized spacial score (nSPS) is 10.5. The number of anilines is 2. The molecule has 0 fully saturated rings. The number of ether oxygens (including phenoxy) is 2. The predicted octanol–water partition coefficient (Wildman–Crippen LogP) is 5.84. The number of rotatable bonds is 8. The van der Waals surface area contributed by atoms with E-state index in [0.29, 0.717) is 40.6 Å². The van der Waals surface area contributed by atoms with Gasteiger partial charge < -0.3 is 20.1 Å². The second kappa shape index (κ2) is 10.5. The molecule has 1 heterocycles. The molecule has 2 N–H and O–H groups in total. The van der Waals surface area contributed by atoms with E-state index in [-0.39, 0.29) is 0 Å². The smallest absolute Gasteiger partial charge is 0.175 e. The van der Waals surface area contributed by atoms with Gasteiger partial charge in [0.05, 0.1) is 42.4 Å². The molecule has 3 rings (SSSR count). The molecule has 0 radical (unpaired) electrons. The van der Waals surface area contributed by atoms with Gasteiger partial charge in [0.1, 0.15) is 0 Å². The zero-order valence-corrected chi connectivity index (χ0v) is 18.9. The molecule has 30 heavy (non-hydrogen) atoms. The quantitative estimate of drug-likeness (QED) is 0.408. The molecule has 0 spiro atoms.